The largest absolute Gasteiger partial charge is 0.379 e. The number of morpholine rings is 1. The summed E-state index contributed by atoms with van der Waals surface area (Å²) >= 11 is 3.31. The average molecular weight is 477 g/mol. The predicted octanol–water partition coefficient (Wildman–Crippen LogP) is 3.72. The van der Waals surface area contributed by atoms with Gasteiger partial charge in [-0.05, 0) is 53.6 Å². The summed E-state index contributed by atoms with van der Waals surface area (Å²) in [5.74, 6) is -0.0970. The molecule has 0 spiro atoms. The second-order valence-corrected chi connectivity index (χ2v) is 11.2. The molecule has 1 aliphatic heterocycles. The minimum Gasteiger partial charge on any atom is -0.379 e. The van der Waals surface area contributed by atoms with Crippen molar-refractivity contribution in [2.75, 3.05) is 32.8 Å². The van der Waals surface area contributed by atoms with E-state index in [1.54, 1.807) is 34.8 Å². The van der Waals surface area contributed by atoms with Gasteiger partial charge in [-0.3, -0.25) is 4.79 Å². The normalized spacial score (nSPS) is 15.1. The number of hydrogen-bond acceptors (Lipinski definition) is 6. The van der Waals surface area contributed by atoms with Gasteiger partial charge in [0.15, 0.2) is 0 Å². The maximum atomic E-state index is 13.3. The zero-order valence-electron chi connectivity index (χ0n) is 17.0. The Morgan fingerprint density at radius 1 is 0.968 bits per heavy atom. The van der Waals surface area contributed by atoms with E-state index in [1.807, 2.05) is 33.9 Å². The van der Waals surface area contributed by atoms with Crippen LogP contribution in [-0.2, 0) is 27.7 Å². The number of sulfonamides is 1. The molecule has 0 aliphatic carbocycles. The molecule has 1 aliphatic rings. The van der Waals surface area contributed by atoms with Gasteiger partial charge in [-0.2, -0.15) is 4.31 Å². The Labute approximate surface area is 190 Å². The van der Waals surface area contributed by atoms with Crippen LogP contribution in [0.2, 0.25) is 0 Å². The van der Waals surface area contributed by atoms with Crippen molar-refractivity contribution in [2.24, 2.45) is 0 Å². The van der Waals surface area contributed by atoms with E-state index in [9.17, 15) is 13.2 Å². The third kappa shape index (κ3) is 5.42. The number of carbonyl (C=O) groups is 1. The van der Waals surface area contributed by atoms with Gasteiger partial charge in [-0.15, -0.1) is 22.7 Å². The van der Waals surface area contributed by atoms with Gasteiger partial charge < -0.3 is 9.64 Å². The van der Waals surface area contributed by atoms with E-state index < -0.39 is 10.0 Å². The first-order valence-corrected chi connectivity index (χ1v) is 13.3. The highest BCUT2D eigenvalue weighted by Gasteiger charge is 2.26. The number of amides is 1. The van der Waals surface area contributed by atoms with Gasteiger partial charge >= 0.3 is 0 Å². The van der Waals surface area contributed by atoms with Crippen LogP contribution in [0.25, 0.3) is 0 Å². The Bertz CT molecular complexity index is 1070. The summed E-state index contributed by atoms with van der Waals surface area (Å²) in [6.07, 6.45) is 0.790. The number of thiophene rings is 2. The average Bonchev–Trinajstić information content (AvgIpc) is 3.51. The van der Waals surface area contributed by atoms with Crippen LogP contribution in [0.5, 0.6) is 0 Å². The molecule has 0 radical (unpaired) electrons. The molecule has 0 atom stereocenters. The van der Waals surface area contributed by atoms with Crippen LogP contribution in [0.3, 0.4) is 0 Å². The van der Waals surface area contributed by atoms with Gasteiger partial charge in [0.2, 0.25) is 10.0 Å². The third-order valence-electron chi connectivity index (χ3n) is 5.13. The van der Waals surface area contributed by atoms with Crippen LogP contribution < -0.4 is 0 Å². The highest BCUT2D eigenvalue weighted by molar-refractivity contribution is 7.89. The SMILES string of the molecule is O=C(c1ccc(S(=O)(=O)N2CCOCC2)cc1)N(CCc1cccs1)Cc1cccs1. The van der Waals surface area contributed by atoms with Gasteiger partial charge in [0.1, 0.15) is 0 Å². The molecule has 4 rings (SSSR count). The number of ether oxygens (including phenoxy) is 1. The van der Waals surface area contributed by atoms with Gasteiger partial charge in [-0.25, -0.2) is 8.42 Å². The van der Waals surface area contributed by atoms with Crippen molar-refractivity contribution in [1.29, 1.82) is 0 Å². The standard InChI is InChI=1S/C22H24N2O4S3/c25-22(23(17-20-4-2-16-30-20)10-9-19-3-1-15-29-19)18-5-7-21(8-6-18)31(26,27)24-11-13-28-14-12-24/h1-8,15-16H,9-14,17H2. The molecule has 1 aromatic carbocycles. The summed E-state index contributed by atoms with van der Waals surface area (Å²) in [5, 5.41) is 4.04. The summed E-state index contributed by atoms with van der Waals surface area (Å²) in [5.41, 5.74) is 0.490. The number of carbonyl (C=O) groups excluding carboxylic acids is 1. The molecular weight excluding hydrogens is 452 g/mol. The van der Waals surface area contributed by atoms with E-state index in [2.05, 4.69) is 6.07 Å². The fourth-order valence-electron chi connectivity index (χ4n) is 3.43. The molecule has 3 heterocycles. The lowest BCUT2D eigenvalue weighted by molar-refractivity contribution is 0.0730. The molecule has 1 fully saturated rings. The quantitative estimate of drug-likeness (QED) is 0.497. The monoisotopic (exact) mass is 476 g/mol. The Morgan fingerprint density at radius 2 is 1.61 bits per heavy atom. The molecule has 31 heavy (non-hydrogen) atoms. The van der Waals surface area contributed by atoms with Crippen molar-refractivity contribution in [3.05, 3.63) is 74.6 Å². The Kier molecular flexibility index (Phi) is 7.19. The number of nitrogens with zero attached hydrogens (tertiary/aromatic N) is 2. The zero-order chi connectivity index (χ0) is 21.7. The Hall–Kier alpha value is -2.04. The third-order valence-corrected chi connectivity index (χ3v) is 8.84. The fraction of sp³-hybridized carbons (Fsp3) is 0.318. The van der Waals surface area contributed by atoms with Crippen LogP contribution in [0, 0.1) is 0 Å². The van der Waals surface area contributed by atoms with Crippen molar-refractivity contribution in [3.63, 3.8) is 0 Å². The molecule has 0 saturated carbocycles. The minimum atomic E-state index is -3.57. The summed E-state index contributed by atoms with van der Waals surface area (Å²) in [6, 6.07) is 14.4. The molecule has 2 aromatic heterocycles. The Morgan fingerprint density at radius 3 is 2.23 bits per heavy atom. The molecule has 1 amide bonds. The maximum Gasteiger partial charge on any atom is 0.254 e. The number of benzene rings is 1. The molecule has 6 nitrogen and oxygen atoms in total. The van der Waals surface area contributed by atoms with E-state index in [4.69, 9.17) is 4.74 Å². The lowest BCUT2D eigenvalue weighted by atomic mass is 10.2. The molecule has 0 N–H and O–H groups in total. The number of hydrogen-bond donors (Lipinski definition) is 0. The first-order chi connectivity index (χ1) is 15.0. The Balaban J connectivity index is 1.50. The summed E-state index contributed by atoms with van der Waals surface area (Å²) in [4.78, 5) is 17.6. The first-order valence-electron chi connectivity index (χ1n) is 10.1. The van der Waals surface area contributed by atoms with E-state index in [1.165, 1.54) is 21.3 Å². The molecular formula is C22H24N2O4S3. The summed E-state index contributed by atoms with van der Waals surface area (Å²) < 4.78 is 32.3. The molecule has 0 bridgehead atoms. The van der Waals surface area contributed by atoms with E-state index >= 15 is 0 Å². The highest BCUT2D eigenvalue weighted by atomic mass is 32.2. The van der Waals surface area contributed by atoms with Crippen LogP contribution >= 0.6 is 22.7 Å². The van der Waals surface area contributed by atoms with Gasteiger partial charge in [0, 0.05) is 35.0 Å². The summed E-state index contributed by atoms with van der Waals surface area (Å²) in [6.45, 7) is 2.64. The molecule has 1 saturated heterocycles. The van der Waals surface area contributed by atoms with Crippen molar-refractivity contribution in [2.45, 2.75) is 17.9 Å². The lowest BCUT2D eigenvalue weighted by Crippen LogP contribution is -2.40. The molecule has 9 heteroatoms. The lowest BCUT2D eigenvalue weighted by Gasteiger charge is -2.26. The van der Waals surface area contributed by atoms with Crippen molar-refractivity contribution >= 4 is 38.6 Å². The zero-order valence-corrected chi connectivity index (χ0v) is 19.4. The van der Waals surface area contributed by atoms with Crippen LogP contribution in [0.1, 0.15) is 20.1 Å². The highest BCUT2D eigenvalue weighted by Crippen LogP contribution is 2.20. The van der Waals surface area contributed by atoms with E-state index in [0.717, 1.165) is 11.3 Å². The van der Waals surface area contributed by atoms with E-state index in [0.29, 0.717) is 45.0 Å². The van der Waals surface area contributed by atoms with Crippen molar-refractivity contribution in [3.8, 4) is 0 Å². The number of rotatable bonds is 8. The first kappa shape index (κ1) is 22.2. The molecule has 0 unspecified atom stereocenters. The van der Waals surface area contributed by atoms with E-state index in [-0.39, 0.29) is 10.8 Å². The minimum absolute atomic E-state index is 0.0970. The van der Waals surface area contributed by atoms with Crippen LogP contribution in [-0.4, -0.2) is 56.4 Å². The van der Waals surface area contributed by atoms with Gasteiger partial charge in [0.05, 0.1) is 24.7 Å². The second kappa shape index (κ2) is 10.1. The summed E-state index contributed by atoms with van der Waals surface area (Å²) in [7, 11) is -3.57. The van der Waals surface area contributed by atoms with Crippen molar-refractivity contribution in [1.82, 2.24) is 9.21 Å². The maximum absolute atomic E-state index is 13.3. The molecule has 3 aromatic rings. The van der Waals surface area contributed by atoms with Gasteiger partial charge in [0.25, 0.3) is 5.91 Å². The van der Waals surface area contributed by atoms with Gasteiger partial charge in [-0.1, -0.05) is 12.1 Å². The predicted molar refractivity (Wildman–Crippen MR) is 123 cm³/mol. The topological polar surface area (TPSA) is 66.9 Å². The van der Waals surface area contributed by atoms with Crippen LogP contribution in [0.15, 0.2) is 64.2 Å². The second-order valence-electron chi connectivity index (χ2n) is 7.18. The fourth-order valence-corrected chi connectivity index (χ4v) is 6.26. The van der Waals surface area contributed by atoms with Crippen molar-refractivity contribution < 1.29 is 17.9 Å². The smallest absolute Gasteiger partial charge is 0.254 e. The van der Waals surface area contributed by atoms with Crippen LogP contribution in [0.4, 0.5) is 0 Å². The molecule has 164 valence electrons.